The van der Waals surface area contributed by atoms with Crippen molar-refractivity contribution in [2.45, 2.75) is 65.6 Å². The molecule has 1 aliphatic rings. The van der Waals surface area contributed by atoms with Crippen molar-refractivity contribution in [3.8, 4) is 17.3 Å². The minimum atomic E-state index is -0.566. The molecule has 9 nitrogen and oxygen atoms in total. The van der Waals surface area contributed by atoms with Crippen molar-refractivity contribution in [2.75, 3.05) is 19.7 Å². The summed E-state index contributed by atoms with van der Waals surface area (Å²) >= 11 is 0. The Hall–Kier alpha value is -4.01. The third kappa shape index (κ3) is 5.50. The first kappa shape index (κ1) is 27.6. The topological polar surface area (TPSA) is 90.6 Å². The smallest absolute Gasteiger partial charge is 0.407 e. The van der Waals surface area contributed by atoms with Gasteiger partial charge in [-0.3, -0.25) is 4.79 Å². The lowest BCUT2D eigenvalue weighted by molar-refractivity contribution is 0.0452. The normalized spacial score (nSPS) is 15.9. The average Bonchev–Trinajstić information content (AvgIpc) is 3.43. The Morgan fingerprint density at radius 2 is 1.88 bits per heavy atom. The number of amides is 2. The molecule has 0 bridgehead atoms. The summed E-state index contributed by atoms with van der Waals surface area (Å²) in [5, 5.41) is 4.05. The number of likely N-dealkylation sites (tertiary alicyclic amines) is 1. The minimum absolute atomic E-state index is 0.0593. The van der Waals surface area contributed by atoms with Crippen LogP contribution in [0.25, 0.3) is 33.5 Å². The minimum Gasteiger partial charge on any atom is -0.494 e. The lowest BCUT2D eigenvalue weighted by Crippen LogP contribution is -2.50. The van der Waals surface area contributed by atoms with Gasteiger partial charge in [0.05, 0.1) is 28.9 Å². The molecule has 1 saturated heterocycles. The van der Waals surface area contributed by atoms with Crippen LogP contribution in [0.1, 0.15) is 57.8 Å². The van der Waals surface area contributed by atoms with Crippen LogP contribution >= 0.6 is 0 Å². The Morgan fingerprint density at radius 3 is 2.60 bits per heavy atom. The van der Waals surface area contributed by atoms with Crippen LogP contribution in [0.15, 0.2) is 42.5 Å². The predicted molar refractivity (Wildman–Crippen MR) is 157 cm³/mol. The van der Waals surface area contributed by atoms with Crippen LogP contribution in [-0.2, 0) is 18.3 Å². The third-order valence-electron chi connectivity index (χ3n) is 7.29. The van der Waals surface area contributed by atoms with Gasteiger partial charge in [0.1, 0.15) is 11.4 Å². The summed E-state index contributed by atoms with van der Waals surface area (Å²) in [7, 11) is 2.01. The zero-order chi connectivity index (χ0) is 28.6. The molecule has 4 aromatic rings. The van der Waals surface area contributed by atoms with Gasteiger partial charge in [0, 0.05) is 49.7 Å². The van der Waals surface area contributed by atoms with Crippen LogP contribution in [0.4, 0.5) is 4.79 Å². The molecule has 0 spiro atoms. The first-order chi connectivity index (χ1) is 19.1. The molecular weight excluding hydrogens is 506 g/mol. The van der Waals surface area contributed by atoms with Gasteiger partial charge in [-0.1, -0.05) is 0 Å². The van der Waals surface area contributed by atoms with E-state index in [0.717, 1.165) is 58.6 Å². The predicted octanol–water partition coefficient (Wildman–Crippen LogP) is 5.74. The molecule has 1 atom stereocenters. The van der Waals surface area contributed by atoms with Crippen molar-refractivity contribution < 1.29 is 19.1 Å². The molecule has 212 valence electrons. The second-order valence-corrected chi connectivity index (χ2v) is 11.4. The molecule has 2 amide bonds. The van der Waals surface area contributed by atoms with E-state index in [2.05, 4.69) is 39.6 Å². The van der Waals surface area contributed by atoms with Crippen LogP contribution in [0.3, 0.4) is 0 Å². The second-order valence-electron chi connectivity index (χ2n) is 11.4. The number of nitrogens with one attached hydrogen (secondary N) is 1. The average molecular weight is 546 g/mol. The number of carbonyl (C=O) groups is 2. The maximum absolute atomic E-state index is 13.5. The van der Waals surface area contributed by atoms with Crippen molar-refractivity contribution in [2.24, 2.45) is 7.05 Å². The van der Waals surface area contributed by atoms with Gasteiger partial charge in [-0.15, -0.1) is 0 Å². The molecule has 40 heavy (non-hydrogen) atoms. The van der Waals surface area contributed by atoms with Crippen molar-refractivity contribution >= 4 is 33.9 Å². The number of fused-ring (bicyclic) bond motifs is 2. The van der Waals surface area contributed by atoms with E-state index in [9.17, 15) is 9.59 Å². The molecule has 1 unspecified atom stereocenters. The summed E-state index contributed by atoms with van der Waals surface area (Å²) in [5.74, 6) is 1.63. The maximum atomic E-state index is 13.5. The molecule has 0 radical (unpaired) electrons. The number of imidazole rings is 1. The number of aryl methyl sites for hydroxylation is 2. The van der Waals surface area contributed by atoms with Crippen LogP contribution in [0, 0.1) is 0 Å². The van der Waals surface area contributed by atoms with Gasteiger partial charge in [-0.05, 0) is 83.9 Å². The summed E-state index contributed by atoms with van der Waals surface area (Å²) in [4.78, 5) is 32.6. The standard InChI is InChI=1S/C31H39N5O4/c1-7-36-26-18-23(39-8-2)13-11-20(26)17-27(36)28-33-24-16-21(12-14-25(24)34(28)6)29(37)35-15-9-10-22(19-35)32-30(38)40-31(3,4)5/h11-14,16-18,22H,7-10,15,19H2,1-6H3,(H,32,38). The molecular formula is C31H39N5O4. The number of nitrogens with zero attached hydrogens (tertiary/aromatic N) is 4. The Bertz CT molecular complexity index is 1560. The monoisotopic (exact) mass is 545 g/mol. The Balaban J connectivity index is 1.40. The third-order valence-corrected chi connectivity index (χ3v) is 7.29. The van der Waals surface area contributed by atoms with Gasteiger partial charge in [0.2, 0.25) is 0 Å². The number of aromatic nitrogens is 3. The first-order valence-corrected chi connectivity index (χ1v) is 14.1. The zero-order valence-electron chi connectivity index (χ0n) is 24.3. The van der Waals surface area contributed by atoms with E-state index in [4.69, 9.17) is 14.5 Å². The first-order valence-electron chi connectivity index (χ1n) is 14.1. The van der Waals surface area contributed by atoms with E-state index in [1.807, 2.05) is 63.9 Å². The Morgan fingerprint density at radius 1 is 1.07 bits per heavy atom. The highest BCUT2D eigenvalue weighted by atomic mass is 16.6. The summed E-state index contributed by atoms with van der Waals surface area (Å²) in [6.07, 6.45) is 1.17. The lowest BCUT2D eigenvalue weighted by Gasteiger charge is -2.33. The summed E-state index contributed by atoms with van der Waals surface area (Å²) < 4.78 is 15.5. The van der Waals surface area contributed by atoms with E-state index in [-0.39, 0.29) is 11.9 Å². The van der Waals surface area contributed by atoms with E-state index >= 15 is 0 Å². The van der Waals surface area contributed by atoms with E-state index < -0.39 is 11.7 Å². The fourth-order valence-electron chi connectivity index (χ4n) is 5.51. The molecule has 2 aromatic carbocycles. The molecule has 1 N–H and O–H groups in total. The number of rotatable bonds is 6. The zero-order valence-corrected chi connectivity index (χ0v) is 24.3. The van der Waals surface area contributed by atoms with Gasteiger partial charge in [-0.2, -0.15) is 0 Å². The Labute approximate surface area is 235 Å². The lowest BCUT2D eigenvalue weighted by atomic mass is 10.0. The highest BCUT2D eigenvalue weighted by Gasteiger charge is 2.28. The second kappa shape index (κ2) is 10.9. The highest BCUT2D eigenvalue weighted by Crippen LogP contribution is 2.32. The number of hydrogen-bond acceptors (Lipinski definition) is 5. The molecule has 3 heterocycles. The molecule has 1 aliphatic heterocycles. The number of hydrogen-bond donors (Lipinski definition) is 1. The fraction of sp³-hybridized carbons (Fsp3) is 0.452. The molecule has 2 aromatic heterocycles. The molecule has 1 fully saturated rings. The van der Waals surface area contributed by atoms with Crippen molar-refractivity contribution in [1.82, 2.24) is 24.3 Å². The van der Waals surface area contributed by atoms with Crippen molar-refractivity contribution in [3.05, 3.63) is 48.0 Å². The molecule has 9 heteroatoms. The van der Waals surface area contributed by atoms with Crippen LogP contribution in [0.5, 0.6) is 5.75 Å². The largest absolute Gasteiger partial charge is 0.494 e. The fourth-order valence-corrected chi connectivity index (χ4v) is 5.51. The van der Waals surface area contributed by atoms with Crippen LogP contribution in [0.2, 0.25) is 0 Å². The van der Waals surface area contributed by atoms with E-state index in [1.165, 1.54) is 0 Å². The summed E-state index contributed by atoms with van der Waals surface area (Å²) in [5.41, 5.74) is 3.87. The number of carbonyl (C=O) groups excluding carboxylic acids is 2. The van der Waals surface area contributed by atoms with Gasteiger partial charge in [-0.25, -0.2) is 9.78 Å². The van der Waals surface area contributed by atoms with Gasteiger partial charge in [0.25, 0.3) is 5.91 Å². The SMILES string of the molecule is CCOc1ccc2cc(-c3nc4cc(C(=O)N5CCCC(NC(=O)OC(C)(C)C)C5)ccc4n3C)n(CC)c2c1. The molecule has 5 rings (SSSR count). The highest BCUT2D eigenvalue weighted by molar-refractivity contribution is 5.98. The summed E-state index contributed by atoms with van der Waals surface area (Å²) in [6.45, 7) is 12.1. The number of benzene rings is 2. The van der Waals surface area contributed by atoms with Crippen molar-refractivity contribution in [3.63, 3.8) is 0 Å². The number of ether oxygens (including phenoxy) is 2. The Kier molecular flexibility index (Phi) is 7.49. The molecule has 0 saturated carbocycles. The summed E-state index contributed by atoms with van der Waals surface area (Å²) in [6, 6.07) is 13.9. The number of piperidine rings is 1. The quantitative estimate of drug-likeness (QED) is 0.334. The van der Waals surface area contributed by atoms with Gasteiger partial charge >= 0.3 is 6.09 Å². The molecule has 0 aliphatic carbocycles. The number of alkyl carbamates (subject to hydrolysis) is 1. The van der Waals surface area contributed by atoms with Gasteiger partial charge in [0.15, 0.2) is 5.82 Å². The van der Waals surface area contributed by atoms with Crippen LogP contribution in [-0.4, -0.2) is 62.4 Å². The van der Waals surface area contributed by atoms with E-state index in [1.54, 1.807) is 0 Å². The van der Waals surface area contributed by atoms with Crippen molar-refractivity contribution in [1.29, 1.82) is 0 Å². The van der Waals surface area contributed by atoms with Crippen LogP contribution < -0.4 is 10.1 Å². The maximum Gasteiger partial charge on any atom is 0.407 e. The van der Waals surface area contributed by atoms with E-state index in [0.29, 0.717) is 25.3 Å². The van der Waals surface area contributed by atoms with Gasteiger partial charge < -0.3 is 28.8 Å².